The highest BCUT2D eigenvalue weighted by Gasteiger charge is 2.17. The first kappa shape index (κ1) is 26.5. The highest BCUT2D eigenvalue weighted by Crippen LogP contribution is 2.30. The Balaban J connectivity index is 1.35. The molecule has 0 fully saturated rings. The number of aryl methyl sites for hydroxylation is 1. The number of halogens is 2. The van der Waals surface area contributed by atoms with Crippen LogP contribution in [0.4, 0.5) is 8.78 Å². The lowest BCUT2D eigenvalue weighted by Crippen LogP contribution is -2.10. The number of methoxy groups -OCH3 is 1. The summed E-state index contributed by atoms with van der Waals surface area (Å²) in [5, 5.41) is 11.7. The van der Waals surface area contributed by atoms with E-state index in [1.54, 1.807) is 42.8 Å². The highest BCUT2D eigenvalue weighted by molar-refractivity contribution is 7.13. The topological polar surface area (TPSA) is 86.5 Å². The van der Waals surface area contributed by atoms with E-state index in [0.717, 1.165) is 5.56 Å². The van der Waals surface area contributed by atoms with E-state index >= 15 is 4.39 Å². The number of hydrogen-bond donors (Lipinski definition) is 1. The third-order valence-corrected chi connectivity index (χ3v) is 7.18. The van der Waals surface area contributed by atoms with Gasteiger partial charge in [0.25, 0.3) is 0 Å². The van der Waals surface area contributed by atoms with Gasteiger partial charge in [-0.15, -0.1) is 11.3 Å². The summed E-state index contributed by atoms with van der Waals surface area (Å²) < 4.78 is 42.1. The first-order chi connectivity index (χ1) is 18.8. The smallest absolute Gasteiger partial charge is 0.335 e. The van der Waals surface area contributed by atoms with Gasteiger partial charge in [-0.1, -0.05) is 24.3 Å². The Labute approximate surface area is 227 Å². The number of carboxylic acids is 1. The summed E-state index contributed by atoms with van der Waals surface area (Å²) in [5.74, 6) is -0.834. The van der Waals surface area contributed by atoms with Crippen LogP contribution in [-0.4, -0.2) is 39.3 Å². The first-order valence-corrected chi connectivity index (χ1v) is 13.0. The highest BCUT2D eigenvalue weighted by atomic mass is 32.1. The number of carbonyl (C=O) groups is 1. The fraction of sp³-hybridized carbons (Fsp3) is 0.207. The molecule has 0 atom stereocenters. The number of carboxylic acid groups (broad SMARTS) is 1. The maximum atomic E-state index is 15.2. The molecule has 1 N–H and O–H groups in total. The van der Waals surface area contributed by atoms with Crippen molar-refractivity contribution < 1.29 is 28.2 Å². The van der Waals surface area contributed by atoms with E-state index in [9.17, 15) is 14.3 Å². The number of imidazole rings is 1. The Morgan fingerprint density at radius 1 is 1.03 bits per heavy atom. The number of thiazole rings is 1. The van der Waals surface area contributed by atoms with E-state index in [2.05, 4.69) is 9.97 Å². The Morgan fingerprint density at radius 2 is 1.82 bits per heavy atom. The number of fused-ring (bicyclic) bond motifs is 1. The molecule has 5 aromatic rings. The third kappa shape index (κ3) is 5.81. The number of aromatic nitrogens is 3. The van der Waals surface area contributed by atoms with Crippen molar-refractivity contribution in [2.75, 3.05) is 13.7 Å². The second-order valence-electron chi connectivity index (χ2n) is 9.04. The molecule has 0 saturated carbocycles. The molecule has 0 bridgehead atoms. The minimum absolute atomic E-state index is 0.0423. The minimum atomic E-state index is -1.03. The molecule has 5 rings (SSSR count). The molecular formula is C29H25F2N3O4S. The van der Waals surface area contributed by atoms with Gasteiger partial charge < -0.3 is 19.1 Å². The average Bonchev–Trinajstić information content (AvgIpc) is 3.52. The van der Waals surface area contributed by atoms with Crippen LogP contribution in [0.3, 0.4) is 0 Å². The minimum Gasteiger partial charge on any atom is -0.478 e. The van der Waals surface area contributed by atoms with Crippen molar-refractivity contribution in [2.45, 2.75) is 26.5 Å². The lowest BCUT2D eigenvalue weighted by Gasteiger charge is -2.10. The standard InChI is InChI=1S/C29H25F2N3O4S/c1-17-3-4-21(22(30)11-17)15-38-27-16-39-28(33-27)19-6-5-18(23(31)12-19)14-26-32-24-8-7-20(29(35)36)13-25(24)34(26)9-10-37-2/h3-8,11-13,16H,9-10,14-15H2,1-2H3,(H,35,36). The molecule has 2 aromatic heterocycles. The number of ether oxygens (including phenoxy) is 2. The zero-order chi connectivity index (χ0) is 27.5. The van der Waals surface area contributed by atoms with E-state index in [1.165, 1.54) is 29.5 Å². The molecule has 0 aliphatic carbocycles. The fourth-order valence-corrected chi connectivity index (χ4v) is 4.98. The van der Waals surface area contributed by atoms with Gasteiger partial charge >= 0.3 is 5.97 Å². The van der Waals surface area contributed by atoms with Crippen molar-refractivity contribution >= 4 is 28.3 Å². The normalized spacial score (nSPS) is 11.3. The SMILES string of the molecule is COCCn1c(Cc2ccc(-c3nc(OCc4ccc(C)cc4F)cs3)cc2F)nc2ccc(C(=O)O)cc21. The van der Waals surface area contributed by atoms with Crippen molar-refractivity contribution in [3.63, 3.8) is 0 Å². The number of aromatic carboxylic acids is 1. The molecule has 0 amide bonds. The summed E-state index contributed by atoms with van der Waals surface area (Å²) in [6, 6.07) is 14.6. The van der Waals surface area contributed by atoms with Crippen LogP contribution in [0.5, 0.6) is 5.88 Å². The lowest BCUT2D eigenvalue weighted by atomic mass is 10.1. The van der Waals surface area contributed by atoms with Crippen LogP contribution in [0.2, 0.25) is 0 Å². The fourth-order valence-electron chi connectivity index (χ4n) is 4.25. The van der Waals surface area contributed by atoms with E-state index in [-0.39, 0.29) is 24.4 Å². The van der Waals surface area contributed by atoms with Crippen LogP contribution in [0.25, 0.3) is 21.6 Å². The number of nitrogens with zero attached hydrogens (tertiary/aromatic N) is 3. The van der Waals surface area contributed by atoms with Gasteiger partial charge in [0.05, 0.1) is 28.6 Å². The number of rotatable bonds is 10. The Morgan fingerprint density at radius 3 is 2.56 bits per heavy atom. The van der Waals surface area contributed by atoms with Crippen LogP contribution >= 0.6 is 11.3 Å². The molecule has 0 saturated heterocycles. The summed E-state index contributed by atoms with van der Waals surface area (Å²) in [7, 11) is 1.58. The second-order valence-corrected chi connectivity index (χ2v) is 9.90. The van der Waals surface area contributed by atoms with E-state index in [0.29, 0.717) is 57.6 Å². The molecule has 7 nitrogen and oxygen atoms in total. The maximum absolute atomic E-state index is 15.2. The summed E-state index contributed by atoms with van der Waals surface area (Å²) in [6.07, 6.45) is 0.210. The van der Waals surface area contributed by atoms with Crippen molar-refractivity contribution in [1.82, 2.24) is 14.5 Å². The van der Waals surface area contributed by atoms with E-state index in [4.69, 9.17) is 9.47 Å². The van der Waals surface area contributed by atoms with E-state index in [1.807, 2.05) is 17.6 Å². The maximum Gasteiger partial charge on any atom is 0.335 e. The van der Waals surface area contributed by atoms with Crippen molar-refractivity contribution in [1.29, 1.82) is 0 Å². The van der Waals surface area contributed by atoms with Gasteiger partial charge in [0.1, 0.15) is 29.1 Å². The van der Waals surface area contributed by atoms with Gasteiger partial charge in [-0.25, -0.2) is 23.5 Å². The lowest BCUT2D eigenvalue weighted by molar-refractivity contribution is 0.0697. The third-order valence-electron chi connectivity index (χ3n) is 6.31. The predicted molar refractivity (Wildman–Crippen MR) is 144 cm³/mol. The molecule has 0 unspecified atom stereocenters. The monoisotopic (exact) mass is 549 g/mol. The van der Waals surface area contributed by atoms with Crippen LogP contribution in [-0.2, 0) is 24.3 Å². The van der Waals surface area contributed by atoms with Crippen LogP contribution in [0.1, 0.15) is 32.9 Å². The molecule has 0 spiro atoms. The zero-order valence-electron chi connectivity index (χ0n) is 21.3. The molecule has 3 aromatic carbocycles. The number of benzene rings is 3. The zero-order valence-corrected chi connectivity index (χ0v) is 22.1. The van der Waals surface area contributed by atoms with Gasteiger partial charge in [-0.3, -0.25) is 0 Å². The molecule has 200 valence electrons. The van der Waals surface area contributed by atoms with E-state index < -0.39 is 11.8 Å². The van der Waals surface area contributed by atoms with Crippen LogP contribution < -0.4 is 4.74 Å². The van der Waals surface area contributed by atoms with Gasteiger partial charge in [-0.05, 0) is 48.4 Å². The summed E-state index contributed by atoms with van der Waals surface area (Å²) in [4.78, 5) is 20.5. The number of hydrogen-bond acceptors (Lipinski definition) is 6. The predicted octanol–water partition coefficient (Wildman–Crippen LogP) is 6.26. The summed E-state index contributed by atoms with van der Waals surface area (Å²) in [6.45, 7) is 2.70. The van der Waals surface area contributed by atoms with Gasteiger partial charge in [-0.2, -0.15) is 0 Å². The Kier molecular flexibility index (Phi) is 7.67. The molecule has 39 heavy (non-hydrogen) atoms. The van der Waals surface area contributed by atoms with Crippen LogP contribution in [0, 0.1) is 18.6 Å². The Bertz CT molecular complexity index is 1660. The average molecular weight is 550 g/mol. The molecule has 0 aliphatic heterocycles. The first-order valence-electron chi connectivity index (χ1n) is 12.2. The summed E-state index contributed by atoms with van der Waals surface area (Å²) >= 11 is 1.31. The van der Waals surface area contributed by atoms with Gasteiger partial charge in [0.2, 0.25) is 5.88 Å². The largest absolute Gasteiger partial charge is 0.478 e. The van der Waals surface area contributed by atoms with Crippen molar-refractivity contribution in [3.05, 3.63) is 99.7 Å². The van der Waals surface area contributed by atoms with Crippen molar-refractivity contribution in [2.24, 2.45) is 0 Å². The quantitative estimate of drug-likeness (QED) is 0.221. The molecule has 2 heterocycles. The molecule has 0 radical (unpaired) electrons. The molecule has 0 aliphatic rings. The Hall–Kier alpha value is -4.15. The molecule has 10 heteroatoms. The van der Waals surface area contributed by atoms with Crippen molar-refractivity contribution in [3.8, 4) is 16.5 Å². The van der Waals surface area contributed by atoms with Crippen LogP contribution in [0.15, 0.2) is 60.0 Å². The second kappa shape index (κ2) is 11.3. The van der Waals surface area contributed by atoms with Gasteiger partial charge in [0.15, 0.2) is 0 Å². The van der Waals surface area contributed by atoms with Gasteiger partial charge in [0, 0.05) is 31.2 Å². The summed E-state index contributed by atoms with van der Waals surface area (Å²) in [5.41, 5.74) is 3.73. The molecular weight excluding hydrogens is 524 g/mol.